The Morgan fingerprint density at radius 2 is 2.00 bits per heavy atom. The molecule has 1 aliphatic carbocycles. The van der Waals surface area contributed by atoms with Crippen LogP contribution >= 0.6 is 11.6 Å². The van der Waals surface area contributed by atoms with Crippen molar-refractivity contribution in [1.29, 1.82) is 0 Å². The van der Waals surface area contributed by atoms with E-state index in [0.717, 1.165) is 18.1 Å². The molecule has 0 amide bonds. The second-order valence-electron chi connectivity index (χ2n) is 2.90. The summed E-state index contributed by atoms with van der Waals surface area (Å²) in [5.41, 5.74) is 2.85. The second-order valence-corrected chi connectivity index (χ2v) is 3.25. The van der Waals surface area contributed by atoms with Gasteiger partial charge in [-0.1, -0.05) is 11.6 Å². The van der Waals surface area contributed by atoms with Gasteiger partial charge in [0.1, 0.15) is 5.17 Å². The molecule has 0 aromatic carbocycles. The van der Waals surface area contributed by atoms with Crippen LogP contribution in [0.25, 0.3) is 0 Å². The predicted molar refractivity (Wildman–Crippen MR) is 43.6 cm³/mol. The minimum Gasteiger partial charge on any atom is -0.268 e. The molecule has 0 aromatic rings. The fourth-order valence-corrected chi connectivity index (χ4v) is 1.94. The molecule has 0 atom stereocenters. The topological polar surface area (TPSA) is 12.4 Å². The number of halogens is 1. The zero-order chi connectivity index (χ0) is 6.97. The Morgan fingerprint density at radius 3 is 2.80 bits per heavy atom. The number of rotatable bonds is 0. The average molecular weight is 156 g/mol. The Hall–Kier alpha value is -0.300. The molecule has 2 aliphatic rings. The van der Waals surface area contributed by atoms with Gasteiger partial charge in [-0.05, 0) is 36.8 Å². The van der Waals surface area contributed by atoms with Crippen molar-refractivity contribution in [2.45, 2.75) is 25.7 Å². The van der Waals surface area contributed by atoms with E-state index in [1.807, 2.05) is 0 Å². The Labute approximate surface area is 65.8 Å². The van der Waals surface area contributed by atoms with E-state index < -0.39 is 0 Å². The van der Waals surface area contributed by atoms with E-state index >= 15 is 0 Å². The molecule has 0 saturated carbocycles. The Balaban J connectivity index is 2.28. The molecule has 1 heterocycles. The van der Waals surface area contributed by atoms with Crippen LogP contribution in [0.2, 0.25) is 0 Å². The molecule has 0 N–H and O–H groups in total. The highest BCUT2D eigenvalue weighted by Crippen LogP contribution is 2.30. The van der Waals surface area contributed by atoms with Crippen LogP contribution in [0.5, 0.6) is 0 Å². The molecule has 2 heteroatoms. The van der Waals surface area contributed by atoms with Crippen molar-refractivity contribution >= 4 is 16.8 Å². The minimum atomic E-state index is 0.787. The first-order valence-corrected chi connectivity index (χ1v) is 4.17. The first-order valence-electron chi connectivity index (χ1n) is 3.79. The highest BCUT2D eigenvalue weighted by Gasteiger charge is 2.19. The Kier molecular flexibility index (Phi) is 1.53. The summed E-state index contributed by atoms with van der Waals surface area (Å²) in [7, 11) is 0. The van der Waals surface area contributed by atoms with Crippen LogP contribution in [-0.4, -0.2) is 11.7 Å². The van der Waals surface area contributed by atoms with Crippen LogP contribution in [0.3, 0.4) is 0 Å². The Morgan fingerprint density at radius 1 is 1.20 bits per heavy atom. The van der Waals surface area contributed by atoms with Gasteiger partial charge in [0.15, 0.2) is 0 Å². The van der Waals surface area contributed by atoms with Crippen LogP contribution < -0.4 is 0 Å². The molecule has 54 valence electrons. The fourth-order valence-electron chi connectivity index (χ4n) is 1.65. The summed E-state index contributed by atoms with van der Waals surface area (Å²) in [6.07, 6.45) is 5.02. The van der Waals surface area contributed by atoms with E-state index in [2.05, 4.69) is 4.99 Å². The smallest absolute Gasteiger partial charge is 0.127 e. The lowest BCUT2D eigenvalue weighted by atomic mass is 9.94. The minimum absolute atomic E-state index is 0.787. The highest BCUT2D eigenvalue weighted by molar-refractivity contribution is 6.70. The van der Waals surface area contributed by atoms with Gasteiger partial charge in [0.2, 0.25) is 0 Å². The zero-order valence-electron chi connectivity index (χ0n) is 5.86. The lowest BCUT2D eigenvalue weighted by Crippen LogP contribution is -2.00. The molecule has 0 saturated heterocycles. The number of hydrogen-bond acceptors (Lipinski definition) is 1. The van der Waals surface area contributed by atoms with Crippen LogP contribution in [0, 0.1) is 0 Å². The second kappa shape index (κ2) is 2.39. The Bertz CT molecular complexity index is 215. The van der Waals surface area contributed by atoms with Crippen LogP contribution in [0.4, 0.5) is 0 Å². The van der Waals surface area contributed by atoms with E-state index in [1.165, 1.54) is 30.4 Å². The van der Waals surface area contributed by atoms with E-state index in [1.54, 1.807) is 0 Å². The van der Waals surface area contributed by atoms with Crippen molar-refractivity contribution in [3.63, 3.8) is 0 Å². The molecule has 10 heavy (non-hydrogen) atoms. The molecule has 0 spiro atoms. The molecule has 0 bridgehead atoms. The lowest BCUT2D eigenvalue weighted by Gasteiger charge is -2.12. The molecule has 0 unspecified atom stereocenters. The fraction of sp³-hybridized carbons (Fsp3) is 0.625. The third-order valence-electron chi connectivity index (χ3n) is 2.24. The van der Waals surface area contributed by atoms with Gasteiger partial charge >= 0.3 is 0 Å². The average Bonchev–Trinajstić information content (AvgIpc) is 2.34. The number of hydrogen-bond donors (Lipinski definition) is 0. The summed E-state index contributed by atoms with van der Waals surface area (Å²) in [6, 6.07) is 0. The maximum Gasteiger partial charge on any atom is 0.127 e. The van der Waals surface area contributed by atoms with Gasteiger partial charge < -0.3 is 0 Å². The summed E-state index contributed by atoms with van der Waals surface area (Å²) in [5, 5.41) is 0.787. The van der Waals surface area contributed by atoms with Gasteiger partial charge in [-0.3, -0.25) is 4.99 Å². The first kappa shape index (κ1) is 6.41. The number of allylic oxidation sites excluding steroid dienone is 1. The van der Waals surface area contributed by atoms with Crippen molar-refractivity contribution in [3.8, 4) is 0 Å². The van der Waals surface area contributed by atoms with E-state index in [9.17, 15) is 0 Å². The van der Waals surface area contributed by atoms with Crippen LogP contribution in [0.1, 0.15) is 25.7 Å². The van der Waals surface area contributed by atoms with Crippen LogP contribution in [-0.2, 0) is 0 Å². The summed E-state index contributed by atoms with van der Waals surface area (Å²) < 4.78 is 0. The van der Waals surface area contributed by atoms with Crippen molar-refractivity contribution < 1.29 is 0 Å². The van der Waals surface area contributed by atoms with E-state index in [4.69, 9.17) is 11.6 Å². The molecule has 1 nitrogen and oxygen atoms in total. The van der Waals surface area contributed by atoms with E-state index in [0.29, 0.717) is 0 Å². The van der Waals surface area contributed by atoms with Gasteiger partial charge in [-0.15, -0.1) is 0 Å². The van der Waals surface area contributed by atoms with E-state index in [-0.39, 0.29) is 0 Å². The summed E-state index contributed by atoms with van der Waals surface area (Å²) in [4.78, 5) is 4.19. The maximum atomic E-state index is 5.88. The normalized spacial score (nSPS) is 24.7. The first-order chi connectivity index (χ1) is 4.88. The molecule has 0 fully saturated rings. The monoisotopic (exact) mass is 155 g/mol. The molecule has 0 aromatic heterocycles. The SMILES string of the molecule is ClC1=NCC2=C1CCCC2. The summed E-state index contributed by atoms with van der Waals surface area (Å²) in [5.74, 6) is 0. The molecule has 0 radical (unpaired) electrons. The third kappa shape index (κ3) is 0.891. The molecular weight excluding hydrogens is 146 g/mol. The van der Waals surface area contributed by atoms with Crippen molar-refractivity contribution in [2.24, 2.45) is 4.99 Å². The third-order valence-corrected chi connectivity index (χ3v) is 2.59. The standard InChI is InChI=1S/C8H10ClN/c9-8-7-4-2-1-3-6(7)5-10-8/h1-5H2. The van der Waals surface area contributed by atoms with Crippen molar-refractivity contribution in [3.05, 3.63) is 11.1 Å². The number of aliphatic imine (C=N–C) groups is 1. The van der Waals surface area contributed by atoms with Gasteiger partial charge in [0.25, 0.3) is 0 Å². The zero-order valence-corrected chi connectivity index (χ0v) is 6.62. The molecular formula is C8H10ClN. The lowest BCUT2D eigenvalue weighted by molar-refractivity contribution is 0.688. The van der Waals surface area contributed by atoms with Gasteiger partial charge in [-0.2, -0.15) is 0 Å². The highest BCUT2D eigenvalue weighted by atomic mass is 35.5. The maximum absolute atomic E-state index is 5.88. The molecule has 2 rings (SSSR count). The van der Waals surface area contributed by atoms with Gasteiger partial charge in [-0.25, -0.2) is 0 Å². The van der Waals surface area contributed by atoms with Gasteiger partial charge in [0.05, 0.1) is 6.54 Å². The predicted octanol–water partition coefficient (Wildman–Crippen LogP) is 2.51. The number of nitrogens with zero attached hydrogens (tertiary/aromatic N) is 1. The van der Waals surface area contributed by atoms with Gasteiger partial charge in [0, 0.05) is 0 Å². The largest absolute Gasteiger partial charge is 0.268 e. The van der Waals surface area contributed by atoms with Crippen LogP contribution in [0.15, 0.2) is 16.1 Å². The van der Waals surface area contributed by atoms with Crippen molar-refractivity contribution in [2.75, 3.05) is 6.54 Å². The quantitative estimate of drug-likeness (QED) is 0.510. The summed E-state index contributed by atoms with van der Waals surface area (Å²) in [6.45, 7) is 0.883. The summed E-state index contributed by atoms with van der Waals surface area (Å²) >= 11 is 5.88. The van der Waals surface area contributed by atoms with Crippen molar-refractivity contribution in [1.82, 2.24) is 0 Å². The molecule has 1 aliphatic heterocycles.